The van der Waals surface area contributed by atoms with Crippen LogP contribution in [-0.2, 0) is 0 Å². The van der Waals surface area contributed by atoms with E-state index >= 15 is 0 Å². The second kappa shape index (κ2) is 6.43. The fourth-order valence-electron chi connectivity index (χ4n) is 3.04. The molecule has 0 aliphatic heterocycles. The first-order valence-corrected chi connectivity index (χ1v) is 7.51. The first-order chi connectivity index (χ1) is 9.93. The maximum absolute atomic E-state index is 12.6. The van der Waals surface area contributed by atoms with E-state index in [1.165, 1.54) is 18.6 Å². The van der Waals surface area contributed by atoms with Gasteiger partial charge in [0.1, 0.15) is 5.02 Å². The van der Waals surface area contributed by atoms with Crippen LogP contribution in [0.2, 0.25) is 5.02 Å². The molecule has 114 valence electrons. The van der Waals surface area contributed by atoms with E-state index in [0.717, 1.165) is 19.3 Å². The predicted octanol–water partition coefficient (Wildman–Crippen LogP) is 3.90. The van der Waals surface area contributed by atoms with Crippen LogP contribution in [0.1, 0.15) is 43.0 Å². The van der Waals surface area contributed by atoms with E-state index in [9.17, 15) is 14.9 Å². The molecular formula is C15H19ClN2O3. The second-order valence-corrected chi connectivity index (χ2v) is 6.02. The topological polar surface area (TPSA) is 63.5 Å². The number of carbonyl (C=O) groups excluding carboxylic acids is 1. The summed E-state index contributed by atoms with van der Waals surface area (Å²) in [6, 6.07) is 4.51. The van der Waals surface area contributed by atoms with E-state index < -0.39 is 4.92 Å². The zero-order valence-corrected chi connectivity index (χ0v) is 13.0. The number of benzene rings is 1. The minimum absolute atomic E-state index is 0.0807. The molecule has 0 N–H and O–H groups in total. The molecule has 2 rings (SSSR count). The van der Waals surface area contributed by atoms with Crippen molar-refractivity contribution in [1.29, 1.82) is 0 Å². The van der Waals surface area contributed by atoms with Crippen molar-refractivity contribution in [2.75, 3.05) is 7.05 Å². The van der Waals surface area contributed by atoms with Gasteiger partial charge in [0, 0.05) is 19.2 Å². The summed E-state index contributed by atoms with van der Waals surface area (Å²) in [6.45, 7) is 2.14. The van der Waals surface area contributed by atoms with E-state index in [4.69, 9.17) is 11.6 Å². The number of amides is 1. The van der Waals surface area contributed by atoms with Crippen molar-refractivity contribution in [2.24, 2.45) is 5.92 Å². The van der Waals surface area contributed by atoms with Crippen molar-refractivity contribution in [3.63, 3.8) is 0 Å². The molecule has 1 aliphatic carbocycles. The van der Waals surface area contributed by atoms with Gasteiger partial charge in [0.25, 0.3) is 11.6 Å². The summed E-state index contributed by atoms with van der Waals surface area (Å²) >= 11 is 6.03. The average Bonchev–Trinajstić information content (AvgIpc) is 2.46. The van der Waals surface area contributed by atoms with Crippen molar-refractivity contribution in [2.45, 2.75) is 38.6 Å². The highest BCUT2D eigenvalue weighted by atomic mass is 35.5. The fraction of sp³-hybridized carbons (Fsp3) is 0.533. The molecule has 21 heavy (non-hydrogen) atoms. The number of rotatable bonds is 3. The molecule has 2 atom stereocenters. The number of nitro groups is 1. The van der Waals surface area contributed by atoms with E-state index in [0.29, 0.717) is 5.92 Å². The molecule has 0 spiro atoms. The Morgan fingerprint density at radius 2 is 2.05 bits per heavy atom. The Balaban J connectivity index is 2.27. The first kappa shape index (κ1) is 15.8. The van der Waals surface area contributed by atoms with Gasteiger partial charge in [-0.25, -0.2) is 0 Å². The van der Waals surface area contributed by atoms with Crippen LogP contribution in [0, 0.1) is 16.0 Å². The molecule has 1 saturated carbocycles. The summed E-state index contributed by atoms with van der Waals surface area (Å²) in [5, 5.41) is 10.8. The number of hydrogen-bond donors (Lipinski definition) is 0. The standard InChI is InChI=1S/C15H19ClN2O3/c1-10-6-3-4-8-12(10)17(2)15(19)11-7-5-9-13(14(11)16)18(20)21/h5,7,9-10,12H,3-4,6,8H2,1-2H3. The third-order valence-corrected chi connectivity index (χ3v) is 4.69. The van der Waals surface area contributed by atoms with Crippen molar-refractivity contribution >= 4 is 23.2 Å². The van der Waals surface area contributed by atoms with Crippen molar-refractivity contribution in [3.05, 3.63) is 38.9 Å². The normalized spacial score (nSPS) is 21.9. The van der Waals surface area contributed by atoms with Gasteiger partial charge < -0.3 is 4.90 Å². The van der Waals surface area contributed by atoms with Crippen molar-refractivity contribution in [3.8, 4) is 0 Å². The third kappa shape index (κ3) is 3.18. The Labute approximate surface area is 129 Å². The van der Waals surface area contributed by atoms with Crippen LogP contribution in [0.25, 0.3) is 0 Å². The molecule has 1 aliphatic rings. The summed E-state index contributed by atoms with van der Waals surface area (Å²) in [5.41, 5.74) is -0.0289. The van der Waals surface area contributed by atoms with Crippen LogP contribution in [-0.4, -0.2) is 28.8 Å². The van der Waals surface area contributed by atoms with E-state index in [1.54, 1.807) is 18.0 Å². The minimum Gasteiger partial charge on any atom is -0.338 e. The minimum atomic E-state index is -0.567. The highest BCUT2D eigenvalue weighted by molar-refractivity contribution is 6.35. The monoisotopic (exact) mass is 310 g/mol. The quantitative estimate of drug-likeness (QED) is 0.628. The first-order valence-electron chi connectivity index (χ1n) is 7.13. The number of halogens is 1. The predicted molar refractivity (Wildman–Crippen MR) is 81.6 cm³/mol. The Morgan fingerprint density at radius 3 is 2.67 bits per heavy atom. The smallest absolute Gasteiger partial charge is 0.288 e. The van der Waals surface area contributed by atoms with Gasteiger partial charge in [-0.05, 0) is 24.8 Å². The zero-order chi connectivity index (χ0) is 15.6. The lowest BCUT2D eigenvalue weighted by Gasteiger charge is -2.36. The van der Waals surface area contributed by atoms with Crippen LogP contribution in [0.4, 0.5) is 5.69 Å². The number of nitrogens with zero attached hydrogens (tertiary/aromatic N) is 2. The molecule has 0 radical (unpaired) electrons. The van der Waals surface area contributed by atoms with Gasteiger partial charge in [-0.15, -0.1) is 0 Å². The third-order valence-electron chi connectivity index (χ3n) is 4.29. The summed E-state index contributed by atoms with van der Waals surface area (Å²) in [4.78, 5) is 24.6. The lowest BCUT2D eigenvalue weighted by Crippen LogP contribution is -2.42. The Kier molecular flexibility index (Phi) is 4.83. The zero-order valence-electron chi connectivity index (χ0n) is 12.2. The fourth-order valence-corrected chi connectivity index (χ4v) is 3.31. The second-order valence-electron chi connectivity index (χ2n) is 5.64. The summed E-state index contributed by atoms with van der Waals surface area (Å²) in [6.07, 6.45) is 4.37. The molecule has 1 aromatic rings. The molecule has 1 amide bonds. The summed E-state index contributed by atoms with van der Waals surface area (Å²) < 4.78 is 0. The van der Waals surface area contributed by atoms with Crippen molar-refractivity contribution in [1.82, 2.24) is 4.90 Å². The maximum Gasteiger partial charge on any atom is 0.288 e. The Hall–Kier alpha value is -1.62. The number of hydrogen-bond acceptors (Lipinski definition) is 3. The molecule has 0 aromatic heterocycles. The maximum atomic E-state index is 12.6. The number of nitro benzene ring substituents is 1. The molecule has 0 heterocycles. The lowest BCUT2D eigenvalue weighted by atomic mass is 9.85. The molecule has 0 bridgehead atoms. The van der Waals surface area contributed by atoms with Crippen LogP contribution in [0.15, 0.2) is 18.2 Å². The summed E-state index contributed by atoms with van der Waals surface area (Å²) in [7, 11) is 1.75. The van der Waals surface area contributed by atoms with Gasteiger partial charge in [-0.1, -0.05) is 37.4 Å². The van der Waals surface area contributed by atoms with Gasteiger partial charge in [-0.2, -0.15) is 0 Å². The largest absolute Gasteiger partial charge is 0.338 e. The van der Waals surface area contributed by atoms with Gasteiger partial charge in [0.15, 0.2) is 0 Å². The van der Waals surface area contributed by atoms with Crippen LogP contribution >= 0.6 is 11.6 Å². The molecule has 2 unspecified atom stereocenters. The molecule has 0 saturated heterocycles. The lowest BCUT2D eigenvalue weighted by molar-refractivity contribution is -0.384. The molecule has 5 nitrogen and oxygen atoms in total. The van der Waals surface area contributed by atoms with Gasteiger partial charge in [0.2, 0.25) is 0 Å². The highest BCUT2D eigenvalue weighted by Gasteiger charge is 2.30. The molecule has 1 fully saturated rings. The number of carbonyl (C=O) groups is 1. The van der Waals surface area contributed by atoms with E-state index in [1.807, 2.05) is 0 Å². The molecular weight excluding hydrogens is 292 g/mol. The highest BCUT2D eigenvalue weighted by Crippen LogP contribution is 2.32. The van der Waals surface area contributed by atoms with E-state index in [-0.39, 0.29) is 28.2 Å². The van der Waals surface area contributed by atoms with Crippen LogP contribution in [0.5, 0.6) is 0 Å². The molecule has 6 heteroatoms. The average molecular weight is 311 g/mol. The van der Waals surface area contributed by atoms with Crippen LogP contribution < -0.4 is 0 Å². The summed E-state index contributed by atoms with van der Waals surface area (Å²) in [5.74, 6) is 0.188. The van der Waals surface area contributed by atoms with Gasteiger partial charge in [0.05, 0.1) is 10.5 Å². The molecule has 1 aromatic carbocycles. The SMILES string of the molecule is CC1CCCCC1N(C)C(=O)c1cccc([N+](=O)[O-])c1Cl. The van der Waals surface area contributed by atoms with E-state index in [2.05, 4.69) is 6.92 Å². The Morgan fingerprint density at radius 1 is 1.38 bits per heavy atom. The van der Waals surface area contributed by atoms with Gasteiger partial charge >= 0.3 is 0 Å². The van der Waals surface area contributed by atoms with Gasteiger partial charge in [-0.3, -0.25) is 14.9 Å². The Bertz CT molecular complexity index is 562. The van der Waals surface area contributed by atoms with Crippen molar-refractivity contribution < 1.29 is 9.72 Å². The van der Waals surface area contributed by atoms with Crippen LogP contribution in [0.3, 0.4) is 0 Å².